The second-order valence-corrected chi connectivity index (χ2v) is 8.12. The van der Waals surface area contributed by atoms with E-state index in [0.717, 1.165) is 33.4 Å². The number of nitrogens with zero attached hydrogens (tertiary/aromatic N) is 4. The van der Waals surface area contributed by atoms with Crippen molar-refractivity contribution < 1.29 is 9.59 Å². The van der Waals surface area contributed by atoms with Crippen LogP contribution in [0.3, 0.4) is 0 Å². The molecule has 4 aromatic rings. The number of pyridine rings is 1. The van der Waals surface area contributed by atoms with Gasteiger partial charge in [0.15, 0.2) is 0 Å². The first-order valence-corrected chi connectivity index (χ1v) is 10.6. The molecule has 0 spiro atoms. The van der Waals surface area contributed by atoms with Gasteiger partial charge in [-0.25, -0.2) is 4.98 Å². The predicted molar refractivity (Wildman–Crippen MR) is 123 cm³/mol. The Kier molecular flexibility index (Phi) is 4.93. The van der Waals surface area contributed by atoms with E-state index in [1.807, 2.05) is 73.0 Å². The quantitative estimate of drug-likeness (QED) is 0.521. The monoisotopic (exact) mass is 425 g/mol. The molecule has 0 saturated carbocycles. The van der Waals surface area contributed by atoms with Crippen molar-refractivity contribution in [3.63, 3.8) is 0 Å². The Morgan fingerprint density at radius 3 is 2.69 bits per heavy atom. The van der Waals surface area contributed by atoms with Crippen LogP contribution in [0.25, 0.3) is 11.0 Å². The van der Waals surface area contributed by atoms with Gasteiger partial charge < -0.3 is 5.32 Å². The third-order valence-corrected chi connectivity index (χ3v) is 5.91. The van der Waals surface area contributed by atoms with E-state index in [2.05, 4.69) is 10.3 Å². The SMILES string of the molecule is Cc1ccc(NC(=O)C[C@H]2C(=O)N(Cc3cccnc3)c3nc4ccccc4n32)cc1C. The molecule has 5 rings (SSSR count). The molecule has 32 heavy (non-hydrogen) atoms. The zero-order chi connectivity index (χ0) is 22.2. The number of benzene rings is 2. The number of carbonyl (C=O) groups excluding carboxylic acids is 2. The van der Waals surface area contributed by atoms with Gasteiger partial charge in [-0.1, -0.05) is 24.3 Å². The lowest BCUT2D eigenvalue weighted by molar-refractivity contribution is -0.124. The first-order chi connectivity index (χ1) is 15.5. The van der Waals surface area contributed by atoms with Gasteiger partial charge >= 0.3 is 0 Å². The zero-order valence-electron chi connectivity index (χ0n) is 17.9. The summed E-state index contributed by atoms with van der Waals surface area (Å²) >= 11 is 0. The highest BCUT2D eigenvalue weighted by molar-refractivity contribution is 6.05. The minimum Gasteiger partial charge on any atom is -0.326 e. The summed E-state index contributed by atoms with van der Waals surface area (Å²) in [6, 6.07) is 16.6. The maximum Gasteiger partial charge on any atom is 0.253 e. The van der Waals surface area contributed by atoms with Crippen LogP contribution < -0.4 is 10.2 Å². The smallest absolute Gasteiger partial charge is 0.253 e. The number of nitrogens with one attached hydrogen (secondary N) is 1. The van der Waals surface area contributed by atoms with Crippen molar-refractivity contribution in [2.45, 2.75) is 32.9 Å². The van der Waals surface area contributed by atoms with Crippen LogP contribution in [0.1, 0.15) is 29.2 Å². The molecular formula is C25H23N5O2. The van der Waals surface area contributed by atoms with Crippen LogP contribution in [0.2, 0.25) is 0 Å². The van der Waals surface area contributed by atoms with Gasteiger partial charge in [-0.15, -0.1) is 0 Å². The molecular weight excluding hydrogens is 402 g/mol. The largest absolute Gasteiger partial charge is 0.326 e. The van der Waals surface area contributed by atoms with Crippen molar-refractivity contribution >= 4 is 34.5 Å². The van der Waals surface area contributed by atoms with Crippen molar-refractivity contribution in [1.29, 1.82) is 0 Å². The van der Waals surface area contributed by atoms with Gasteiger partial charge in [-0.2, -0.15) is 0 Å². The number of para-hydroxylation sites is 2. The van der Waals surface area contributed by atoms with Gasteiger partial charge in [-0.05, 0) is 60.9 Å². The summed E-state index contributed by atoms with van der Waals surface area (Å²) < 4.78 is 1.88. The third kappa shape index (κ3) is 3.51. The van der Waals surface area contributed by atoms with Crippen molar-refractivity contribution in [1.82, 2.24) is 14.5 Å². The molecule has 0 saturated heterocycles. The van der Waals surface area contributed by atoms with Crippen LogP contribution in [0, 0.1) is 13.8 Å². The van der Waals surface area contributed by atoms with E-state index in [0.29, 0.717) is 12.5 Å². The molecule has 0 unspecified atom stereocenters. The minimum absolute atomic E-state index is 0.0304. The first kappa shape index (κ1) is 19.9. The lowest BCUT2D eigenvalue weighted by atomic mass is 10.1. The number of rotatable bonds is 5. The summed E-state index contributed by atoms with van der Waals surface area (Å²) in [5.74, 6) is 0.208. The third-order valence-electron chi connectivity index (χ3n) is 5.91. The molecule has 7 heteroatoms. The predicted octanol–water partition coefficient (Wildman–Crippen LogP) is 4.16. The maximum atomic E-state index is 13.4. The second-order valence-electron chi connectivity index (χ2n) is 8.12. The fourth-order valence-corrected chi connectivity index (χ4v) is 4.13. The fourth-order valence-electron chi connectivity index (χ4n) is 4.13. The summed E-state index contributed by atoms with van der Waals surface area (Å²) in [6.07, 6.45) is 3.47. The summed E-state index contributed by atoms with van der Waals surface area (Å²) in [5.41, 5.74) is 5.53. The van der Waals surface area contributed by atoms with Gasteiger partial charge in [0.2, 0.25) is 11.9 Å². The first-order valence-electron chi connectivity index (χ1n) is 10.6. The topological polar surface area (TPSA) is 80.1 Å². The van der Waals surface area contributed by atoms with Crippen molar-refractivity contribution in [3.8, 4) is 0 Å². The number of hydrogen-bond donors (Lipinski definition) is 1. The molecule has 0 aliphatic carbocycles. The Balaban J connectivity index is 1.46. The summed E-state index contributed by atoms with van der Waals surface area (Å²) in [7, 11) is 0. The van der Waals surface area contributed by atoms with E-state index in [4.69, 9.17) is 4.98 Å². The summed E-state index contributed by atoms with van der Waals surface area (Å²) in [4.78, 5) is 36.8. The number of aromatic nitrogens is 3. The Bertz CT molecular complexity index is 1330. The van der Waals surface area contributed by atoms with E-state index in [1.165, 1.54) is 0 Å². The summed E-state index contributed by atoms with van der Waals surface area (Å²) in [6.45, 7) is 4.39. The standard InChI is InChI=1S/C25H23N5O2/c1-16-9-10-19(12-17(16)2)27-23(31)13-22-24(32)29(15-18-6-5-11-26-14-18)25-28-20-7-3-4-8-21(20)30(22)25/h3-12,14,22H,13,15H2,1-2H3,(H,27,31)/t22-/m0/s1. The lowest BCUT2D eigenvalue weighted by Gasteiger charge is -2.16. The van der Waals surface area contributed by atoms with Crippen LogP contribution in [-0.4, -0.2) is 26.3 Å². The van der Waals surface area contributed by atoms with Crippen LogP contribution in [0.15, 0.2) is 67.0 Å². The molecule has 2 aromatic carbocycles. The highest BCUT2D eigenvalue weighted by atomic mass is 16.2. The molecule has 0 radical (unpaired) electrons. The molecule has 0 fully saturated rings. The molecule has 1 aliphatic rings. The van der Waals surface area contributed by atoms with Crippen molar-refractivity contribution in [3.05, 3.63) is 83.7 Å². The molecule has 1 aliphatic heterocycles. The average Bonchev–Trinajstić information content (AvgIpc) is 3.28. The Labute approximate surface area is 185 Å². The number of aryl methyl sites for hydroxylation is 2. The molecule has 2 amide bonds. The maximum absolute atomic E-state index is 13.4. The minimum atomic E-state index is -0.652. The number of fused-ring (bicyclic) bond motifs is 3. The van der Waals surface area contributed by atoms with Crippen LogP contribution in [0.4, 0.5) is 11.6 Å². The van der Waals surface area contributed by atoms with Gasteiger partial charge in [0.25, 0.3) is 5.91 Å². The molecule has 0 bridgehead atoms. The second kappa shape index (κ2) is 7.92. The highest BCUT2D eigenvalue weighted by Crippen LogP contribution is 2.37. The van der Waals surface area contributed by atoms with E-state index in [-0.39, 0.29) is 18.2 Å². The number of amides is 2. The molecule has 160 valence electrons. The number of carbonyl (C=O) groups is 2. The van der Waals surface area contributed by atoms with Gasteiger partial charge in [-0.3, -0.25) is 24.0 Å². The fraction of sp³-hybridized carbons (Fsp3) is 0.200. The summed E-state index contributed by atoms with van der Waals surface area (Å²) in [5, 5.41) is 2.94. The van der Waals surface area contributed by atoms with E-state index >= 15 is 0 Å². The van der Waals surface area contributed by atoms with Gasteiger partial charge in [0, 0.05) is 18.1 Å². The highest BCUT2D eigenvalue weighted by Gasteiger charge is 2.40. The van der Waals surface area contributed by atoms with Gasteiger partial charge in [0.05, 0.1) is 24.0 Å². The molecule has 2 aromatic heterocycles. The lowest BCUT2D eigenvalue weighted by Crippen LogP contribution is -2.31. The normalized spacial score (nSPS) is 15.2. The van der Waals surface area contributed by atoms with E-state index in [9.17, 15) is 9.59 Å². The Hall–Kier alpha value is -4.00. The molecule has 1 N–H and O–H groups in total. The van der Waals surface area contributed by atoms with Crippen LogP contribution in [0.5, 0.6) is 0 Å². The Morgan fingerprint density at radius 1 is 1.06 bits per heavy atom. The number of imidazole rings is 1. The van der Waals surface area contributed by atoms with E-state index < -0.39 is 6.04 Å². The van der Waals surface area contributed by atoms with Crippen molar-refractivity contribution in [2.24, 2.45) is 0 Å². The number of hydrogen-bond acceptors (Lipinski definition) is 4. The Morgan fingerprint density at radius 2 is 1.91 bits per heavy atom. The zero-order valence-corrected chi connectivity index (χ0v) is 17.9. The van der Waals surface area contributed by atoms with Crippen LogP contribution >= 0.6 is 0 Å². The molecule has 7 nitrogen and oxygen atoms in total. The molecule has 3 heterocycles. The van der Waals surface area contributed by atoms with Crippen molar-refractivity contribution in [2.75, 3.05) is 10.2 Å². The van der Waals surface area contributed by atoms with Gasteiger partial charge in [0.1, 0.15) is 6.04 Å². The average molecular weight is 425 g/mol. The molecule has 1 atom stereocenters. The van der Waals surface area contributed by atoms with E-state index in [1.54, 1.807) is 17.3 Å². The van der Waals surface area contributed by atoms with Crippen LogP contribution in [-0.2, 0) is 16.1 Å². The number of anilines is 2.